The molecule has 2 atom stereocenters. The van der Waals surface area contributed by atoms with Gasteiger partial charge in [-0.15, -0.1) is 24.8 Å². The first-order chi connectivity index (χ1) is 11.7. The van der Waals surface area contributed by atoms with Crippen LogP contribution in [0.3, 0.4) is 0 Å². The summed E-state index contributed by atoms with van der Waals surface area (Å²) < 4.78 is 45.3. The maximum absolute atomic E-state index is 12.2. The molecule has 0 fully saturated rings. The lowest BCUT2D eigenvalue weighted by atomic mass is 9.90. The van der Waals surface area contributed by atoms with E-state index in [1.54, 1.807) is 13.0 Å². The number of alkyl halides is 4. The van der Waals surface area contributed by atoms with Crippen LogP contribution < -0.4 is 4.74 Å². The zero-order chi connectivity index (χ0) is 19.0. The molecular weight excluding hydrogens is 380 g/mol. The number of esters is 1. The first kappa shape index (κ1) is 21.6. The second-order valence-corrected chi connectivity index (χ2v) is 5.89. The number of benzene rings is 1. The fraction of sp³-hybridized carbons (Fsp3) is 0.471. The summed E-state index contributed by atoms with van der Waals surface area (Å²) in [5, 5.41) is 0.284. The Labute approximate surface area is 154 Å². The molecule has 8 heteroatoms. The molecule has 0 spiro atoms. The Morgan fingerprint density at radius 1 is 1.24 bits per heavy atom. The number of halogens is 5. The molecule has 0 aliphatic carbocycles. The van der Waals surface area contributed by atoms with Gasteiger partial charge in [0, 0.05) is 16.8 Å². The minimum Gasteiger partial charge on any atom is -0.466 e. The highest BCUT2D eigenvalue weighted by molar-refractivity contribution is 6.48. The highest BCUT2D eigenvalue weighted by atomic mass is 35.5. The van der Waals surface area contributed by atoms with E-state index in [2.05, 4.69) is 4.74 Å². The number of hydrogen-bond donors (Lipinski definition) is 0. The van der Waals surface area contributed by atoms with Crippen molar-refractivity contribution in [3.63, 3.8) is 0 Å². The maximum atomic E-state index is 12.2. The van der Waals surface area contributed by atoms with E-state index in [9.17, 15) is 18.0 Å². The van der Waals surface area contributed by atoms with E-state index < -0.39 is 12.3 Å². The van der Waals surface area contributed by atoms with Crippen LogP contribution in [0.4, 0.5) is 13.2 Å². The van der Waals surface area contributed by atoms with E-state index in [4.69, 9.17) is 27.9 Å². The molecule has 0 saturated heterocycles. The molecule has 25 heavy (non-hydrogen) atoms. The van der Waals surface area contributed by atoms with Gasteiger partial charge in [0.05, 0.1) is 12.5 Å². The van der Waals surface area contributed by atoms with Crippen molar-refractivity contribution in [3.05, 3.63) is 35.9 Å². The SMILES string of the molecule is CCOC(=O)C(CC)C(/C=C(\Cl)c1ccc(OC(F)(F)F)cc1)CCl. The molecule has 1 aromatic rings. The molecule has 1 rings (SSSR count). The van der Waals surface area contributed by atoms with Crippen LogP contribution in [-0.4, -0.2) is 24.8 Å². The first-order valence-corrected chi connectivity index (χ1v) is 8.59. The van der Waals surface area contributed by atoms with Crippen LogP contribution >= 0.6 is 23.2 Å². The van der Waals surface area contributed by atoms with Crippen molar-refractivity contribution in [3.8, 4) is 5.75 Å². The zero-order valence-corrected chi connectivity index (χ0v) is 15.3. The summed E-state index contributed by atoms with van der Waals surface area (Å²) in [5.74, 6) is -1.34. The third-order valence-corrected chi connectivity index (χ3v) is 4.15. The number of allylic oxidation sites excluding steroid dienone is 1. The minimum absolute atomic E-state index is 0.156. The predicted octanol–water partition coefficient (Wildman–Crippen LogP) is 5.61. The molecular formula is C17H19Cl2F3O3. The molecule has 0 radical (unpaired) electrons. The molecule has 3 nitrogen and oxygen atoms in total. The van der Waals surface area contributed by atoms with E-state index in [-0.39, 0.29) is 35.2 Å². The summed E-state index contributed by atoms with van der Waals surface area (Å²) >= 11 is 12.2. The van der Waals surface area contributed by atoms with Crippen LogP contribution in [-0.2, 0) is 9.53 Å². The Bertz CT molecular complexity index is 586. The summed E-state index contributed by atoms with van der Waals surface area (Å²) in [6, 6.07) is 5.13. The number of hydrogen-bond acceptors (Lipinski definition) is 3. The molecule has 0 amide bonds. The predicted molar refractivity (Wildman–Crippen MR) is 91.6 cm³/mol. The fourth-order valence-corrected chi connectivity index (χ4v) is 2.85. The van der Waals surface area contributed by atoms with Gasteiger partial charge in [0.2, 0.25) is 0 Å². The molecule has 0 saturated carbocycles. The van der Waals surface area contributed by atoms with Gasteiger partial charge < -0.3 is 9.47 Å². The van der Waals surface area contributed by atoms with Crippen LogP contribution in [0.25, 0.3) is 5.03 Å². The van der Waals surface area contributed by atoms with Gasteiger partial charge in [-0.1, -0.05) is 24.6 Å². The highest BCUT2D eigenvalue weighted by Crippen LogP contribution is 2.29. The van der Waals surface area contributed by atoms with Crippen molar-refractivity contribution in [1.82, 2.24) is 0 Å². The van der Waals surface area contributed by atoms with Gasteiger partial charge in [0.25, 0.3) is 0 Å². The standard InChI is InChI=1S/C17H19Cl2F3O3/c1-3-14(16(23)24-4-2)12(10-18)9-15(19)11-5-7-13(8-6-11)25-17(20,21)22/h5-9,12,14H,3-4,10H2,1-2H3/b15-9-. The molecule has 0 aromatic heterocycles. The Hall–Kier alpha value is -1.40. The summed E-state index contributed by atoms with van der Waals surface area (Å²) in [6.45, 7) is 3.82. The van der Waals surface area contributed by atoms with Gasteiger partial charge in [-0.2, -0.15) is 0 Å². The van der Waals surface area contributed by atoms with Gasteiger partial charge in [-0.3, -0.25) is 4.79 Å². The third-order valence-electron chi connectivity index (χ3n) is 3.45. The van der Waals surface area contributed by atoms with Crippen molar-refractivity contribution >= 4 is 34.2 Å². The summed E-state index contributed by atoms with van der Waals surface area (Å²) in [6.07, 6.45) is -2.60. The Balaban J connectivity index is 2.94. The molecule has 2 unspecified atom stereocenters. The van der Waals surface area contributed by atoms with Crippen molar-refractivity contribution in [2.75, 3.05) is 12.5 Å². The lowest BCUT2D eigenvalue weighted by Gasteiger charge is -2.20. The average Bonchev–Trinajstić information content (AvgIpc) is 2.53. The van der Waals surface area contributed by atoms with E-state index in [1.165, 1.54) is 12.1 Å². The summed E-state index contributed by atoms with van der Waals surface area (Å²) in [4.78, 5) is 12.0. The van der Waals surface area contributed by atoms with Crippen molar-refractivity contribution < 1.29 is 27.4 Å². The fourth-order valence-electron chi connectivity index (χ4n) is 2.26. The third kappa shape index (κ3) is 7.16. The van der Waals surface area contributed by atoms with E-state index in [0.717, 1.165) is 12.1 Å². The highest BCUT2D eigenvalue weighted by Gasteiger charge is 2.31. The zero-order valence-electron chi connectivity index (χ0n) is 13.8. The Morgan fingerprint density at radius 2 is 1.84 bits per heavy atom. The van der Waals surface area contributed by atoms with Crippen LogP contribution in [0.2, 0.25) is 0 Å². The second kappa shape index (κ2) is 9.92. The van der Waals surface area contributed by atoms with E-state index >= 15 is 0 Å². The smallest absolute Gasteiger partial charge is 0.466 e. The van der Waals surface area contributed by atoms with Gasteiger partial charge >= 0.3 is 12.3 Å². The lowest BCUT2D eigenvalue weighted by Crippen LogP contribution is -2.25. The minimum atomic E-state index is -4.75. The monoisotopic (exact) mass is 398 g/mol. The largest absolute Gasteiger partial charge is 0.573 e. The summed E-state index contributed by atoms with van der Waals surface area (Å²) in [5.41, 5.74) is 0.491. The molecule has 1 aromatic carbocycles. The van der Waals surface area contributed by atoms with Crippen LogP contribution in [0.15, 0.2) is 30.3 Å². The number of ether oxygens (including phenoxy) is 2. The quantitative estimate of drug-likeness (QED) is 0.421. The summed E-state index contributed by atoms with van der Waals surface area (Å²) in [7, 11) is 0. The Kier molecular flexibility index (Phi) is 8.59. The Morgan fingerprint density at radius 3 is 2.28 bits per heavy atom. The van der Waals surface area contributed by atoms with Crippen molar-refractivity contribution in [2.24, 2.45) is 11.8 Å². The normalized spacial score (nSPS) is 14.8. The molecule has 0 aliphatic rings. The first-order valence-electron chi connectivity index (χ1n) is 7.67. The van der Waals surface area contributed by atoms with Gasteiger partial charge in [-0.25, -0.2) is 0 Å². The second-order valence-electron chi connectivity index (χ2n) is 5.17. The maximum Gasteiger partial charge on any atom is 0.573 e. The molecule has 0 N–H and O–H groups in total. The van der Waals surface area contributed by atoms with Crippen LogP contribution in [0.5, 0.6) is 5.75 Å². The molecule has 0 aliphatic heterocycles. The topological polar surface area (TPSA) is 35.5 Å². The van der Waals surface area contributed by atoms with Gasteiger partial charge in [0.15, 0.2) is 0 Å². The number of carbonyl (C=O) groups is 1. The van der Waals surface area contributed by atoms with Crippen LogP contribution in [0, 0.1) is 11.8 Å². The van der Waals surface area contributed by atoms with E-state index in [1.807, 2.05) is 6.92 Å². The number of rotatable bonds is 8. The molecule has 0 heterocycles. The van der Waals surface area contributed by atoms with Gasteiger partial charge in [-0.05, 0) is 43.2 Å². The average molecular weight is 399 g/mol. The molecule has 140 valence electrons. The number of carbonyl (C=O) groups excluding carboxylic acids is 1. The van der Waals surface area contributed by atoms with Crippen molar-refractivity contribution in [1.29, 1.82) is 0 Å². The lowest BCUT2D eigenvalue weighted by molar-refractivity contribution is -0.274. The van der Waals surface area contributed by atoms with Gasteiger partial charge in [0.1, 0.15) is 5.75 Å². The van der Waals surface area contributed by atoms with E-state index in [0.29, 0.717) is 12.0 Å². The molecule has 0 bridgehead atoms. The van der Waals surface area contributed by atoms with Crippen molar-refractivity contribution in [2.45, 2.75) is 26.6 Å². The van der Waals surface area contributed by atoms with Crippen LogP contribution in [0.1, 0.15) is 25.8 Å².